The molecule has 172 valence electrons. The third kappa shape index (κ3) is 3.84. The molecule has 1 aliphatic carbocycles. The van der Waals surface area contributed by atoms with E-state index in [1.54, 1.807) is 7.11 Å². The third-order valence-electron chi connectivity index (χ3n) is 7.46. The molecular weight excluding hydrogens is 418 g/mol. The molecule has 0 bridgehead atoms. The van der Waals surface area contributed by atoms with Gasteiger partial charge in [0.05, 0.1) is 7.11 Å². The lowest BCUT2D eigenvalue weighted by molar-refractivity contribution is 0.183. The fraction of sp³-hybridized carbons (Fsp3) is 0.290. The first-order valence-corrected chi connectivity index (χ1v) is 12.5. The summed E-state index contributed by atoms with van der Waals surface area (Å²) in [6.07, 6.45) is 4.01. The smallest absolute Gasteiger partial charge is 0.119 e. The summed E-state index contributed by atoms with van der Waals surface area (Å²) in [5, 5.41) is 2.60. The van der Waals surface area contributed by atoms with Gasteiger partial charge in [0.2, 0.25) is 0 Å². The summed E-state index contributed by atoms with van der Waals surface area (Å²) in [6.45, 7) is 4.18. The Labute approximate surface area is 201 Å². The number of hydrogen-bond donors (Lipinski definition) is 0. The van der Waals surface area contributed by atoms with Gasteiger partial charge in [-0.3, -0.25) is 4.90 Å². The van der Waals surface area contributed by atoms with Crippen LogP contribution in [-0.4, -0.2) is 38.3 Å². The molecule has 2 aliphatic rings. The number of fused-ring (bicyclic) bond motifs is 5. The van der Waals surface area contributed by atoms with Crippen molar-refractivity contribution in [2.45, 2.75) is 25.2 Å². The Morgan fingerprint density at radius 1 is 0.794 bits per heavy atom. The monoisotopic (exact) mass is 449 g/mol. The molecule has 0 amide bonds. The summed E-state index contributed by atoms with van der Waals surface area (Å²) in [6, 6.07) is 28.5. The number of nitrogens with zero attached hydrogens (tertiary/aromatic N) is 1. The van der Waals surface area contributed by atoms with Gasteiger partial charge in [-0.2, -0.15) is 0 Å². The number of likely N-dealkylation sites (tertiary alicyclic amines) is 1. The van der Waals surface area contributed by atoms with Crippen LogP contribution >= 0.6 is 0 Å². The Bertz CT molecular complexity index is 1310. The van der Waals surface area contributed by atoms with Crippen LogP contribution < -0.4 is 9.47 Å². The molecule has 0 aromatic heterocycles. The molecule has 1 heterocycles. The highest BCUT2D eigenvalue weighted by Gasteiger charge is 2.32. The average molecular weight is 450 g/mol. The molecule has 0 spiro atoms. The van der Waals surface area contributed by atoms with Gasteiger partial charge in [0.25, 0.3) is 0 Å². The molecule has 0 N–H and O–H groups in total. The number of methoxy groups -OCH3 is 1. The quantitative estimate of drug-likeness (QED) is 0.282. The highest BCUT2D eigenvalue weighted by molar-refractivity contribution is 5.97. The second-order valence-corrected chi connectivity index (χ2v) is 9.45. The minimum Gasteiger partial charge on any atom is -0.497 e. The Balaban J connectivity index is 1.32. The van der Waals surface area contributed by atoms with Crippen LogP contribution in [0.15, 0.2) is 78.9 Å². The highest BCUT2D eigenvalue weighted by atomic mass is 16.5. The van der Waals surface area contributed by atoms with E-state index >= 15 is 0 Å². The van der Waals surface area contributed by atoms with Crippen molar-refractivity contribution in [3.8, 4) is 22.6 Å². The fourth-order valence-electron chi connectivity index (χ4n) is 5.72. The molecular formula is C31H31NO2. The molecule has 1 unspecified atom stereocenters. The first-order valence-electron chi connectivity index (χ1n) is 12.5. The van der Waals surface area contributed by atoms with Crippen molar-refractivity contribution in [3.05, 3.63) is 95.6 Å². The zero-order chi connectivity index (χ0) is 22.9. The van der Waals surface area contributed by atoms with Crippen molar-refractivity contribution in [2.75, 3.05) is 33.4 Å². The predicted octanol–water partition coefficient (Wildman–Crippen LogP) is 6.87. The van der Waals surface area contributed by atoms with E-state index in [0.29, 0.717) is 0 Å². The van der Waals surface area contributed by atoms with Gasteiger partial charge in [-0.25, -0.2) is 0 Å². The normalized spacial score (nSPS) is 17.4. The maximum Gasteiger partial charge on any atom is 0.119 e. The fourth-order valence-corrected chi connectivity index (χ4v) is 5.72. The van der Waals surface area contributed by atoms with E-state index in [0.717, 1.165) is 24.7 Å². The van der Waals surface area contributed by atoms with Gasteiger partial charge in [0, 0.05) is 12.5 Å². The number of piperidine rings is 1. The molecule has 4 aromatic rings. The van der Waals surface area contributed by atoms with Crippen molar-refractivity contribution in [3.63, 3.8) is 0 Å². The number of rotatable bonds is 6. The van der Waals surface area contributed by atoms with E-state index in [1.807, 2.05) is 0 Å². The van der Waals surface area contributed by atoms with Crippen LogP contribution in [0.3, 0.4) is 0 Å². The second-order valence-electron chi connectivity index (χ2n) is 9.45. The number of benzene rings is 4. The van der Waals surface area contributed by atoms with Crippen molar-refractivity contribution in [1.29, 1.82) is 0 Å². The minimum absolute atomic E-state index is 0.199. The van der Waals surface area contributed by atoms with E-state index in [9.17, 15) is 0 Å². The van der Waals surface area contributed by atoms with E-state index in [2.05, 4.69) is 83.8 Å². The maximum absolute atomic E-state index is 6.11. The summed E-state index contributed by atoms with van der Waals surface area (Å²) >= 11 is 0. The van der Waals surface area contributed by atoms with Crippen molar-refractivity contribution in [2.24, 2.45) is 0 Å². The molecule has 34 heavy (non-hydrogen) atoms. The standard InChI is InChI=1S/C31H31NO2/c1-33-25-14-16-27-29(21-25)28-15-11-22-7-3-4-8-26(22)31(28)30(27)23-9-12-24(13-10-23)34-20-19-32-17-5-2-6-18-32/h3-4,7-16,21,30H,2,5-6,17-20H2,1H3. The van der Waals surface area contributed by atoms with Crippen LogP contribution in [0.4, 0.5) is 0 Å². The zero-order valence-electron chi connectivity index (χ0n) is 19.8. The zero-order valence-corrected chi connectivity index (χ0v) is 19.8. The molecule has 3 heteroatoms. The van der Waals surface area contributed by atoms with Gasteiger partial charge >= 0.3 is 0 Å². The molecule has 0 radical (unpaired) electrons. The van der Waals surface area contributed by atoms with Crippen molar-refractivity contribution in [1.82, 2.24) is 4.90 Å². The molecule has 1 saturated heterocycles. The largest absolute Gasteiger partial charge is 0.497 e. The SMILES string of the molecule is COc1ccc2c(c1)-c1ccc3ccccc3c1C2c1ccc(OCCN2CCCCC2)cc1. The van der Waals surface area contributed by atoms with Crippen LogP contribution in [0, 0.1) is 0 Å². The van der Waals surface area contributed by atoms with Gasteiger partial charge < -0.3 is 9.47 Å². The lowest BCUT2D eigenvalue weighted by atomic mass is 9.87. The molecule has 4 aromatic carbocycles. The maximum atomic E-state index is 6.11. The molecule has 3 nitrogen and oxygen atoms in total. The van der Waals surface area contributed by atoms with Crippen LogP contribution in [0.25, 0.3) is 21.9 Å². The first-order chi connectivity index (χ1) is 16.8. The number of hydrogen-bond acceptors (Lipinski definition) is 3. The van der Waals surface area contributed by atoms with E-state index in [-0.39, 0.29) is 5.92 Å². The Kier molecular flexibility index (Phi) is 5.72. The van der Waals surface area contributed by atoms with Gasteiger partial charge in [-0.15, -0.1) is 0 Å². The minimum atomic E-state index is 0.199. The van der Waals surface area contributed by atoms with Crippen LogP contribution in [-0.2, 0) is 0 Å². The summed E-state index contributed by atoms with van der Waals surface area (Å²) in [5.41, 5.74) is 6.60. The van der Waals surface area contributed by atoms with Crippen LogP contribution in [0.1, 0.15) is 41.9 Å². The predicted molar refractivity (Wildman–Crippen MR) is 139 cm³/mol. The molecule has 1 fully saturated rings. The average Bonchev–Trinajstić information content (AvgIpc) is 3.24. The summed E-state index contributed by atoms with van der Waals surface area (Å²) in [4.78, 5) is 2.52. The first kappa shape index (κ1) is 21.2. The van der Waals surface area contributed by atoms with Gasteiger partial charge in [-0.1, -0.05) is 61.0 Å². The lowest BCUT2D eigenvalue weighted by Gasteiger charge is -2.26. The third-order valence-corrected chi connectivity index (χ3v) is 7.46. The van der Waals surface area contributed by atoms with E-state index in [4.69, 9.17) is 9.47 Å². The van der Waals surface area contributed by atoms with E-state index in [1.165, 1.54) is 70.9 Å². The molecule has 1 aliphatic heterocycles. The Morgan fingerprint density at radius 2 is 1.59 bits per heavy atom. The van der Waals surface area contributed by atoms with Crippen molar-refractivity contribution < 1.29 is 9.47 Å². The topological polar surface area (TPSA) is 21.7 Å². The van der Waals surface area contributed by atoms with Crippen LogP contribution in [0.5, 0.6) is 11.5 Å². The summed E-state index contributed by atoms with van der Waals surface area (Å²) < 4.78 is 11.7. The lowest BCUT2D eigenvalue weighted by Crippen LogP contribution is -2.33. The Morgan fingerprint density at radius 3 is 2.41 bits per heavy atom. The van der Waals surface area contributed by atoms with Gasteiger partial charge in [0.15, 0.2) is 0 Å². The summed E-state index contributed by atoms with van der Waals surface area (Å²) in [5.74, 6) is 2.05. The van der Waals surface area contributed by atoms with E-state index < -0.39 is 0 Å². The van der Waals surface area contributed by atoms with Crippen LogP contribution in [0.2, 0.25) is 0 Å². The number of ether oxygens (including phenoxy) is 2. The second kappa shape index (κ2) is 9.15. The molecule has 1 atom stereocenters. The highest BCUT2D eigenvalue weighted by Crippen LogP contribution is 2.51. The molecule has 6 rings (SSSR count). The molecule has 0 saturated carbocycles. The van der Waals surface area contributed by atoms with Gasteiger partial charge in [-0.05, 0) is 88.8 Å². The van der Waals surface area contributed by atoms with Gasteiger partial charge in [0.1, 0.15) is 18.1 Å². The Hall–Kier alpha value is -3.30. The van der Waals surface area contributed by atoms with Crippen molar-refractivity contribution >= 4 is 10.8 Å². The summed E-state index contributed by atoms with van der Waals surface area (Å²) in [7, 11) is 1.74.